The Bertz CT molecular complexity index is 580. The Morgan fingerprint density at radius 2 is 1.39 bits per heavy atom. The third-order valence-electron chi connectivity index (χ3n) is 3.74. The molecule has 0 radical (unpaired) electrons. The molecule has 1 aliphatic rings. The number of esters is 4. The largest absolute Gasteiger partial charge is 1.00 e. The van der Waals surface area contributed by atoms with Gasteiger partial charge in [-0.3, -0.25) is 0 Å². The number of carbonyl (C=O) groups excluding carboxylic acids is 4. The van der Waals surface area contributed by atoms with Crippen molar-refractivity contribution in [2.45, 2.75) is 25.4 Å². The van der Waals surface area contributed by atoms with E-state index in [4.69, 9.17) is 14.2 Å². The fraction of sp³-hybridized carbons (Fsp3) is 0.556. The summed E-state index contributed by atoms with van der Waals surface area (Å²) >= 11 is 0. The van der Waals surface area contributed by atoms with Gasteiger partial charge in [-0.2, -0.15) is 0 Å². The highest BCUT2D eigenvalue weighted by atomic mass is 35.5. The van der Waals surface area contributed by atoms with Crippen molar-refractivity contribution in [1.82, 2.24) is 0 Å². The minimum absolute atomic E-state index is 0. The van der Waals surface area contributed by atoms with E-state index in [0.29, 0.717) is 19.6 Å². The molecule has 28 heavy (non-hydrogen) atoms. The van der Waals surface area contributed by atoms with E-state index in [1.165, 1.54) is 14.2 Å². The third kappa shape index (κ3) is 11.3. The average Bonchev–Trinajstić information content (AvgIpc) is 2.68. The number of halogens is 1. The van der Waals surface area contributed by atoms with Gasteiger partial charge in [0.25, 0.3) is 0 Å². The summed E-state index contributed by atoms with van der Waals surface area (Å²) in [5.74, 6) is -2.64. The molecule has 0 spiro atoms. The second kappa shape index (κ2) is 14.6. The van der Waals surface area contributed by atoms with E-state index >= 15 is 0 Å². The molecule has 0 amide bonds. The normalized spacial score (nSPS) is 15.5. The highest BCUT2D eigenvalue weighted by Crippen LogP contribution is 2.22. The van der Waals surface area contributed by atoms with Gasteiger partial charge in [0.1, 0.15) is 12.7 Å². The smallest absolute Gasteiger partial charge is 0.331 e. The van der Waals surface area contributed by atoms with E-state index in [0.717, 1.165) is 37.1 Å². The minimum atomic E-state index is -0.765. The topological polar surface area (TPSA) is 114 Å². The summed E-state index contributed by atoms with van der Waals surface area (Å²) in [6.45, 7) is 1.06. The van der Waals surface area contributed by atoms with Crippen molar-refractivity contribution in [1.29, 1.82) is 0 Å². The molecule has 0 N–H and O–H groups in total. The molecule has 0 aromatic rings. The van der Waals surface area contributed by atoms with Crippen LogP contribution in [0.5, 0.6) is 0 Å². The lowest BCUT2D eigenvalue weighted by atomic mass is 9.94. The minimum Gasteiger partial charge on any atom is -1.00 e. The van der Waals surface area contributed by atoms with Gasteiger partial charge in [-0.25, -0.2) is 19.2 Å². The van der Waals surface area contributed by atoms with Gasteiger partial charge >= 0.3 is 23.9 Å². The highest BCUT2D eigenvalue weighted by Gasteiger charge is 2.23. The van der Waals surface area contributed by atoms with Crippen molar-refractivity contribution < 1.29 is 55.3 Å². The molecular weight excluding hydrogens is 396 g/mol. The van der Waals surface area contributed by atoms with Crippen molar-refractivity contribution in [3.05, 3.63) is 24.3 Å². The molecule has 0 aromatic heterocycles. The van der Waals surface area contributed by atoms with Gasteiger partial charge in [-0.05, 0) is 25.2 Å². The summed E-state index contributed by atoms with van der Waals surface area (Å²) in [6, 6.07) is 0. The van der Waals surface area contributed by atoms with Crippen LogP contribution in [0, 0.1) is 5.92 Å². The van der Waals surface area contributed by atoms with Crippen molar-refractivity contribution in [2.24, 2.45) is 5.92 Å². The van der Waals surface area contributed by atoms with E-state index < -0.39 is 30.0 Å². The monoisotopic (exact) mass is 419 g/mol. The van der Waals surface area contributed by atoms with Crippen molar-refractivity contribution in [3.8, 4) is 0 Å². The van der Waals surface area contributed by atoms with Crippen LogP contribution in [0.3, 0.4) is 0 Å². The Labute approximate surface area is 169 Å². The quantitative estimate of drug-likeness (QED) is 0.231. The molecule has 1 saturated heterocycles. The first-order valence-corrected chi connectivity index (χ1v) is 8.41. The van der Waals surface area contributed by atoms with Crippen molar-refractivity contribution in [2.75, 3.05) is 34.0 Å². The maximum absolute atomic E-state index is 11.9. The van der Waals surface area contributed by atoms with Crippen LogP contribution in [0.15, 0.2) is 24.3 Å². The number of hydrogen-bond acceptors (Lipinski definition) is 9. The van der Waals surface area contributed by atoms with Crippen LogP contribution in [0.4, 0.5) is 0 Å². The number of ether oxygens (including phenoxy) is 5. The van der Waals surface area contributed by atoms with Crippen molar-refractivity contribution >= 4 is 23.9 Å². The van der Waals surface area contributed by atoms with Gasteiger partial charge in [0.15, 0.2) is 0 Å². The zero-order valence-electron chi connectivity index (χ0n) is 15.8. The van der Waals surface area contributed by atoms with Crippen LogP contribution in [0.25, 0.3) is 0 Å². The van der Waals surface area contributed by atoms with Crippen LogP contribution in [0.2, 0.25) is 0 Å². The van der Waals surface area contributed by atoms with E-state index in [1.807, 2.05) is 0 Å². The Morgan fingerprint density at radius 3 is 1.93 bits per heavy atom. The van der Waals surface area contributed by atoms with Gasteiger partial charge in [0.05, 0.1) is 14.2 Å². The predicted molar refractivity (Wildman–Crippen MR) is 91.3 cm³/mol. The molecule has 0 saturated carbocycles. The summed E-state index contributed by atoms with van der Waals surface area (Å²) in [5.41, 5.74) is 0. The first-order valence-electron chi connectivity index (χ1n) is 8.41. The molecule has 1 aliphatic heterocycles. The van der Waals surface area contributed by atoms with E-state index in [-0.39, 0.29) is 24.9 Å². The second-order valence-electron chi connectivity index (χ2n) is 5.69. The molecule has 0 aromatic carbocycles. The molecule has 0 bridgehead atoms. The average molecular weight is 420 g/mol. The van der Waals surface area contributed by atoms with Crippen molar-refractivity contribution in [3.63, 3.8) is 0 Å². The van der Waals surface area contributed by atoms with E-state index in [1.54, 1.807) is 0 Å². The van der Waals surface area contributed by atoms with Crippen LogP contribution in [-0.4, -0.2) is 64.0 Å². The number of rotatable bonds is 9. The van der Waals surface area contributed by atoms with Crippen LogP contribution < -0.4 is 12.4 Å². The molecule has 1 unspecified atom stereocenters. The van der Waals surface area contributed by atoms with Crippen LogP contribution in [-0.2, 0) is 42.9 Å². The molecule has 0 aliphatic carbocycles. The first kappa shape index (κ1) is 25.6. The Kier molecular flexibility index (Phi) is 13.4. The number of hydrogen-bond donors (Lipinski definition) is 0. The maximum atomic E-state index is 11.9. The van der Waals surface area contributed by atoms with E-state index in [9.17, 15) is 19.2 Å². The molecule has 1 atom stereocenters. The molecule has 158 valence electrons. The summed E-state index contributed by atoms with van der Waals surface area (Å²) in [5, 5.41) is 0. The number of carbonyl (C=O) groups is 4. The highest BCUT2D eigenvalue weighted by molar-refractivity contribution is 5.92. The summed E-state index contributed by atoms with van der Waals surface area (Å²) in [6.07, 6.45) is 5.15. The standard InChI is InChI=1S/C18H24O9.ClH/c1-23-15(19)3-5-17(21)26-12-14(11-13-7-9-25-10-8-13)27-18(22)6-4-16(20)24-2;/h3-6,13-14H,7-12H2,1-2H3;1H/p-1/b5-3+,6-4+;. The Hall–Kier alpha value is -2.39. The van der Waals surface area contributed by atoms with Gasteiger partial charge in [-0.1, -0.05) is 0 Å². The molecule has 1 rings (SSSR count). The molecular formula is C18H24ClO9-. The zero-order chi connectivity index (χ0) is 20.1. The summed E-state index contributed by atoms with van der Waals surface area (Å²) in [4.78, 5) is 45.5. The fourth-order valence-electron chi connectivity index (χ4n) is 2.34. The summed E-state index contributed by atoms with van der Waals surface area (Å²) in [7, 11) is 2.37. The lowest BCUT2D eigenvalue weighted by Gasteiger charge is -2.26. The van der Waals surface area contributed by atoms with Gasteiger partial charge in [-0.15, -0.1) is 0 Å². The summed E-state index contributed by atoms with van der Waals surface area (Å²) < 4.78 is 24.4. The van der Waals surface area contributed by atoms with E-state index in [2.05, 4.69) is 9.47 Å². The lowest BCUT2D eigenvalue weighted by Crippen LogP contribution is -3.00. The van der Waals surface area contributed by atoms with Gasteiger partial charge in [0, 0.05) is 37.5 Å². The second-order valence-corrected chi connectivity index (χ2v) is 5.69. The van der Waals surface area contributed by atoms with Gasteiger partial charge < -0.3 is 36.1 Å². The fourth-order valence-corrected chi connectivity index (χ4v) is 2.34. The predicted octanol–water partition coefficient (Wildman–Crippen LogP) is -2.28. The zero-order valence-corrected chi connectivity index (χ0v) is 16.5. The Balaban J connectivity index is 0.00000729. The first-order chi connectivity index (χ1) is 12.9. The third-order valence-corrected chi connectivity index (χ3v) is 3.74. The maximum Gasteiger partial charge on any atom is 0.331 e. The van der Waals surface area contributed by atoms with Crippen LogP contribution >= 0.6 is 0 Å². The molecule has 1 heterocycles. The Morgan fingerprint density at radius 1 is 0.893 bits per heavy atom. The number of methoxy groups -OCH3 is 2. The lowest BCUT2D eigenvalue weighted by molar-refractivity contribution is -0.154. The SMILES string of the molecule is COC(=O)/C=C/C(=O)OCC(CC1CCOCC1)OC(=O)/C=C/C(=O)OC.[Cl-]. The molecule has 9 nitrogen and oxygen atoms in total. The van der Waals surface area contributed by atoms with Gasteiger partial charge in [0.2, 0.25) is 0 Å². The molecule has 1 fully saturated rings. The van der Waals surface area contributed by atoms with Crippen LogP contribution in [0.1, 0.15) is 19.3 Å². The molecule has 10 heteroatoms.